The molecule has 4 aromatic rings. The Balaban J connectivity index is 1.43. The molecule has 10 heteroatoms. The van der Waals surface area contributed by atoms with Crippen molar-refractivity contribution in [2.24, 2.45) is 0 Å². The minimum Gasteiger partial charge on any atom is -0.483 e. The second kappa shape index (κ2) is 8.27. The van der Waals surface area contributed by atoms with Crippen LogP contribution in [0.25, 0.3) is 23.1 Å². The molecule has 0 aliphatic heterocycles. The van der Waals surface area contributed by atoms with Gasteiger partial charge in [-0.1, -0.05) is 0 Å². The molecule has 0 saturated carbocycles. The Kier molecular flexibility index (Phi) is 5.38. The third kappa shape index (κ3) is 4.43. The summed E-state index contributed by atoms with van der Waals surface area (Å²) in [6, 6.07) is 11.8. The Morgan fingerprint density at radius 3 is 2.37 bits per heavy atom. The molecule has 154 valence electrons. The molecule has 2 heterocycles. The van der Waals surface area contributed by atoms with E-state index in [-0.39, 0.29) is 35.6 Å². The number of halogens is 4. The summed E-state index contributed by atoms with van der Waals surface area (Å²) in [5.41, 5.74) is 0.497. The predicted octanol–water partition coefficient (Wildman–Crippen LogP) is 5.46. The zero-order chi connectivity index (χ0) is 21.1. The molecule has 0 aliphatic rings. The Hall–Kier alpha value is -3.82. The number of benzene rings is 2. The summed E-state index contributed by atoms with van der Waals surface area (Å²) in [5.74, 6) is -0.813. The zero-order valence-corrected chi connectivity index (χ0v) is 15.0. The van der Waals surface area contributed by atoms with Crippen LogP contribution in [0.5, 0.6) is 11.5 Å². The molecule has 0 bridgehead atoms. The highest BCUT2D eigenvalue weighted by atomic mass is 19.3. The van der Waals surface area contributed by atoms with Gasteiger partial charge < -0.3 is 18.3 Å². The van der Waals surface area contributed by atoms with Crippen LogP contribution in [0.3, 0.4) is 0 Å². The van der Waals surface area contributed by atoms with Crippen molar-refractivity contribution in [3.05, 3.63) is 72.0 Å². The van der Waals surface area contributed by atoms with Crippen LogP contribution in [0.4, 0.5) is 17.6 Å². The Morgan fingerprint density at radius 2 is 1.63 bits per heavy atom. The van der Waals surface area contributed by atoms with Crippen molar-refractivity contribution in [2.75, 3.05) is 0 Å². The van der Waals surface area contributed by atoms with E-state index in [1.54, 1.807) is 12.1 Å². The smallest absolute Gasteiger partial charge is 0.387 e. The van der Waals surface area contributed by atoms with Crippen LogP contribution in [0, 0.1) is 11.6 Å². The monoisotopic (exact) mass is 420 g/mol. The molecule has 0 aliphatic carbocycles. The molecule has 0 saturated heterocycles. The van der Waals surface area contributed by atoms with Crippen molar-refractivity contribution in [3.63, 3.8) is 0 Å². The van der Waals surface area contributed by atoms with Crippen molar-refractivity contribution in [1.82, 2.24) is 10.2 Å². The number of alkyl halides is 2. The van der Waals surface area contributed by atoms with Gasteiger partial charge in [-0.15, -0.1) is 10.2 Å². The molecule has 0 radical (unpaired) electrons. The van der Waals surface area contributed by atoms with Crippen LogP contribution in [0.15, 0.2) is 63.4 Å². The average molecular weight is 420 g/mol. The highest BCUT2D eigenvalue weighted by Gasteiger charge is 2.15. The molecule has 2 aromatic carbocycles. The minimum absolute atomic E-state index is 0.00163. The first-order valence-corrected chi connectivity index (χ1v) is 8.53. The maximum absolute atomic E-state index is 13.6. The van der Waals surface area contributed by atoms with Gasteiger partial charge in [-0.2, -0.15) is 8.78 Å². The molecule has 0 atom stereocenters. The number of rotatable bonds is 7. The molecule has 0 amide bonds. The van der Waals surface area contributed by atoms with Crippen LogP contribution >= 0.6 is 0 Å². The second-order valence-corrected chi connectivity index (χ2v) is 5.94. The summed E-state index contributed by atoms with van der Waals surface area (Å²) in [6.07, 6.45) is 0. The van der Waals surface area contributed by atoms with Crippen molar-refractivity contribution < 1.29 is 35.9 Å². The topological polar surface area (TPSA) is 70.5 Å². The molecule has 0 unspecified atom stereocenters. The lowest BCUT2D eigenvalue weighted by Crippen LogP contribution is -2.01. The number of ether oxygens (including phenoxy) is 2. The van der Waals surface area contributed by atoms with Crippen LogP contribution in [-0.2, 0) is 6.61 Å². The van der Waals surface area contributed by atoms with Crippen molar-refractivity contribution in [2.45, 2.75) is 13.2 Å². The van der Waals surface area contributed by atoms with Gasteiger partial charge >= 0.3 is 6.61 Å². The molecule has 0 N–H and O–H groups in total. The van der Waals surface area contributed by atoms with E-state index < -0.39 is 18.2 Å². The predicted molar refractivity (Wildman–Crippen MR) is 94.8 cm³/mol. The standard InChI is InChI=1S/C20H12F4N2O4/c21-12-3-7-16(15(22)9-12)27-10-14-6-8-17(28-14)19-26-25-18(30-19)11-1-4-13(5-2-11)29-20(23)24/h1-9,20H,10H2. The first-order valence-electron chi connectivity index (χ1n) is 8.53. The quantitative estimate of drug-likeness (QED) is 0.370. The number of aromatic nitrogens is 2. The normalized spacial score (nSPS) is 11.1. The lowest BCUT2D eigenvalue weighted by Gasteiger charge is -2.05. The van der Waals surface area contributed by atoms with E-state index in [0.29, 0.717) is 11.3 Å². The number of furan rings is 1. The van der Waals surface area contributed by atoms with Gasteiger partial charge in [0.1, 0.15) is 23.9 Å². The first-order chi connectivity index (χ1) is 14.5. The van der Waals surface area contributed by atoms with E-state index in [0.717, 1.165) is 12.1 Å². The summed E-state index contributed by atoms with van der Waals surface area (Å²) in [5, 5.41) is 7.78. The van der Waals surface area contributed by atoms with Crippen molar-refractivity contribution >= 4 is 0 Å². The molecule has 0 spiro atoms. The largest absolute Gasteiger partial charge is 0.483 e. The van der Waals surface area contributed by atoms with Crippen molar-refractivity contribution in [1.29, 1.82) is 0 Å². The lowest BCUT2D eigenvalue weighted by molar-refractivity contribution is -0.0498. The average Bonchev–Trinajstić information content (AvgIpc) is 3.37. The fourth-order valence-corrected chi connectivity index (χ4v) is 2.53. The summed E-state index contributed by atoms with van der Waals surface area (Å²) in [4.78, 5) is 0. The van der Waals surface area contributed by atoms with E-state index in [2.05, 4.69) is 14.9 Å². The third-order valence-electron chi connectivity index (χ3n) is 3.89. The summed E-state index contributed by atoms with van der Waals surface area (Å²) in [7, 11) is 0. The van der Waals surface area contributed by atoms with Crippen LogP contribution in [0.2, 0.25) is 0 Å². The van der Waals surface area contributed by atoms with Crippen LogP contribution in [-0.4, -0.2) is 16.8 Å². The van der Waals surface area contributed by atoms with Crippen LogP contribution < -0.4 is 9.47 Å². The fraction of sp³-hybridized carbons (Fsp3) is 0.100. The van der Waals surface area contributed by atoms with E-state index >= 15 is 0 Å². The van der Waals surface area contributed by atoms with Gasteiger partial charge in [0.05, 0.1) is 0 Å². The van der Waals surface area contributed by atoms with Crippen LogP contribution in [0.1, 0.15) is 5.76 Å². The SMILES string of the molecule is Fc1ccc(OCc2ccc(-c3nnc(-c4ccc(OC(F)F)cc4)o3)o2)c(F)c1. The van der Waals surface area contributed by atoms with E-state index in [4.69, 9.17) is 13.6 Å². The van der Waals surface area contributed by atoms with E-state index in [1.807, 2.05) is 0 Å². The molecule has 2 aromatic heterocycles. The second-order valence-electron chi connectivity index (χ2n) is 5.94. The summed E-state index contributed by atoms with van der Waals surface area (Å²) < 4.78 is 71.6. The van der Waals surface area contributed by atoms with Gasteiger partial charge in [-0.05, 0) is 48.5 Å². The Morgan fingerprint density at radius 1 is 0.867 bits per heavy atom. The maximum atomic E-state index is 13.6. The van der Waals surface area contributed by atoms with E-state index in [9.17, 15) is 17.6 Å². The Labute approximate surface area is 166 Å². The summed E-state index contributed by atoms with van der Waals surface area (Å²) in [6.45, 7) is -3.02. The lowest BCUT2D eigenvalue weighted by atomic mass is 10.2. The highest BCUT2D eigenvalue weighted by Crippen LogP contribution is 2.27. The van der Waals surface area contributed by atoms with Gasteiger partial charge in [0.2, 0.25) is 5.89 Å². The van der Waals surface area contributed by atoms with Crippen molar-refractivity contribution in [3.8, 4) is 34.6 Å². The molecule has 6 nitrogen and oxygen atoms in total. The molecule has 4 rings (SSSR count). The number of hydrogen-bond acceptors (Lipinski definition) is 6. The minimum atomic E-state index is -2.91. The van der Waals surface area contributed by atoms with E-state index in [1.165, 1.54) is 30.3 Å². The molecule has 0 fully saturated rings. The first kappa shape index (κ1) is 19.5. The number of nitrogens with zero attached hydrogens (tertiary/aromatic N) is 2. The third-order valence-corrected chi connectivity index (χ3v) is 3.89. The molecule has 30 heavy (non-hydrogen) atoms. The zero-order valence-electron chi connectivity index (χ0n) is 15.0. The van der Waals surface area contributed by atoms with Gasteiger partial charge in [-0.3, -0.25) is 0 Å². The summed E-state index contributed by atoms with van der Waals surface area (Å²) >= 11 is 0. The maximum Gasteiger partial charge on any atom is 0.387 e. The van der Waals surface area contributed by atoms with Gasteiger partial charge in [0, 0.05) is 11.6 Å². The number of hydrogen-bond donors (Lipinski definition) is 0. The van der Waals surface area contributed by atoms with Gasteiger partial charge in [0.25, 0.3) is 5.89 Å². The highest BCUT2D eigenvalue weighted by molar-refractivity contribution is 5.56. The van der Waals surface area contributed by atoms with Gasteiger partial charge in [0.15, 0.2) is 17.3 Å². The molecular weight excluding hydrogens is 408 g/mol. The van der Waals surface area contributed by atoms with Gasteiger partial charge in [-0.25, -0.2) is 8.78 Å². The fourth-order valence-electron chi connectivity index (χ4n) is 2.53. The Bertz CT molecular complexity index is 1140. The molecular formula is C20H12F4N2O4.